The normalized spacial score (nSPS) is 15.1. The lowest BCUT2D eigenvalue weighted by Crippen LogP contribution is -2.27. The van der Waals surface area contributed by atoms with Crippen molar-refractivity contribution < 1.29 is 18.7 Å². The number of hydrogen-bond acceptors (Lipinski definition) is 4. The Morgan fingerprint density at radius 2 is 1.81 bits per heavy atom. The van der Waals surface area contributed by atoms with Gasteiger partial charge in [0, 0.05) is 10.6 Å². The topological polar surface area (TPSA) is 46.6 Å². The van der Waals surface area contributed by atoms with E-state index in [1.807, 2.05) is 6.07 Å². The first-order chi connectivity index (χ1) is 14.9. The van der Waals surface area contributed by atoms with Gasteiger partial charge in [-0.2, -0.15) is 0 Å². The van der Waals surface area contributed by atoms with Crippen molar-refractivity contribution in [2.45, 2.75) is 6.61 Å². The molecule has 4 nitrogen and oxygen atoms in total. The van der Waals surface area contributed by atoms with Crippen molar-refractivity contribution in [3.8, 4) is 5.75 Å². The van der Waals surface area contributed by atoms with Crippen LogP contribution in [0.5, 0.6) is 5.75 Å². The molecule has 1 aliphatic rings. The smallest absolute Gasteiger partial charge is 0.298 e. The van der Waals surface area contributed by atoms with Crippen LogP contribution >= 0.6 is 46.0 Å². The molecule has 2 amide bonds. The highest BCUT2D eigenvalue weighted by molar-refractivity contribution is 14.1. The van der Waals surface area contributed by atoms with Crippen molar-refractivity contribution in [2.75, 3.05) is 4.90 Å². The molecule has 0 aliphatic carbocycles. The van der Waals surface area contributed by atoms with E-state index in [0.717, 1.165) is 25.8 Å². The molecule has 0 N–H and O–H groups in total. The van der Waals surface area contributed by atoms with Gasteiger partial charge in [0.25, 0.3) is 11.1 Å². The van der Waals surface area contributed by atoms with Gasteiger partial charge in [0.1, 0.15) is 18.2 Å². The van der Waals surface area contributed by atoms with Crippen molar-refractivity contribution in [1.29, 1.82) is 0 Å². The van der Waals surface area contributed by atoms with E-state index in [1.165, 1.54) is 6.07 Å². The predicted octanol–water partition coefficient (Wildman–Crippen LogP) is 6.90. The van der Waals surface area contributed by atoms with Crippen LogP contribution in [0.2, 0.25) is 5.02 Å². The van der Waals surface area contributed by atoms with Crippen molar-refractivity contribution in [1.82, 2.24) is 0 Å². The van der Waals surface area contributed by atoms with Gasteiger partial charge >= 0.3 is 0 Å². The number of ether oxygens (including phenoxy) is 1. The first kappa shape index (κ1) is 21.9. The maximum absolute atomic E-state index is 13.8. The van der Waals surface area contributed by atoms with Gasteiger partial charge in [-0.1, -0.05) is 35.9 Å². The average molecular weight is 566 g/mol. The van der Waals surface area contributed by atoms with Gasteiger partial charge in [0.05, 0.1) is 14.2 Å². The number of thioether (sulfide) groups is 1. The number of benzene rings is 3. The van der Waals surface area contributed by atoms with Crippen molar-refractivity contribution >= 4 is 68.9 Å². The number of imide groups is 1. The summed E-state index contributed by atoms with van der Waals surface area (Å²) < 4.78 is 20.3. The van der Waals surface area contributed by atoms with E-state index < -0.39 is 0 Å². The number of halogens is 3. The molecule has 1 heterocycles. The summed E-state index contributed by atoms with van der Waals surface area (Å²) in [6, 6.07) is 18.4. The first-order valence-electron chi connectivity index (χ1n) is 9.11. The van der Waals surface area contributed by atoms with Gasteiger partial charge in [-0.25, -0.2) is 9.29 Å². The van der Waals surface area contributed by atoms with Gasteiger partial charge < -0.3 is 4.74 Å². The quantitative estimate of drug-likeness (QED) is 0.249. The van der Waals surface area contributed by atoms with Crippen molar-refractivity contribution in [3.05, 3.63) is 97.2 Å². The Bertz CT molecular complexity index is 1200. The Morgan fingerprint density at radius 1 is 1.06 bits per heavy atom. The fraction of sp³-hybridized carbons (Fsp3) is 0.0435. The monoisotopic (exact) mass is 565 g/mol. The number of carbonyl (C=O) groups excluding carboxylic acids is 2. The first-order valence-corrected chi connectivity index (χ1v) is 11.4. The van der Waals surface area contributed by atoms with Crippen LogP contribution in [-0.4, -0.2) is 11.1 Å². The van der Waals surface area contributed by atoms with Crippen LogP contribution in [0.3, 0.4) is 0 Å². The molecule has 0 saturated carbocycles. The zero-order valence-electron chi connectivity index (χ0n) is 15.8. The number of nitrogens with zero attached hydrogens (tertiary/aromatic N) is 1. The predicted molar refractivity (Wildman–Crippen MR) is 130 cm³/mol. The molecule has 0 bridgehead atoms. The fourth-order valence-corrected chi connectivity index (χ4v) is 4.59. The van der Waals surface area contributed by atoms with E-state index >= 15 is 0 Å². The Labute approximate surface area is 201 Å². The lowest BCUT2D eigenvalue weighted by molar-refractivity contribution is -0.113. The summed E-state index contributed by atoms with van der Waals surface area (Å²) in [5, 5.41) is 0.163. The molecule has 1 aliphatic heterocycles. The lowest BCUT2D eigenvalue weighted by Gasteiger charge is -2.12. The van der Waals surface area contributed by atoms with E-state index in [4.69, 9.17) is 16.3 Å². The van der Waals surface area contributed by atoms with Gasteiger partial charge in [0.2, 0.25) is 0 Å². The van der Waals surface area contributed by atoms with E-state index in [9.17, 15) is 14.0 Å². The lowest BCUT2D eigenvalue weighted by atomic mass is 10.2. The van der Waals surface area contributed by atoms with E-state index in [-0.39, 0.29) is 23.6 Å². The zero-order chi connectivity index (χ0) is 22.0. The standard InChI is InChI=1S/C23H14ClFINO3S/c24-16-6-8-17(9-7-16)27-22(28)21(31-23(27)29)12-14-5-10-20(19(26)11-14)30-13-15-3-1-2-4-18(15)25/h1-12H,13H2/b21-12+. The van der Waals surface area contributed by atoms with Crippen LogP contribution in [0.4, 0.5) is 14.9 Å². The molecule has 0 spiro atoms. The molecule has 31 heavy (non-hydrogen) atoms. The van der Waals surface area contributed by atoms with Crippen LogP contribution in [0.15, 0.2) is 71.6 Å². The van der Waals surface area contributed by atoms with Crippen LogP contribution in [0.25, 0.3) is 6.08 Å². The number of rotatable bonds is 5. The number of anilines is 1. The summed E-state index contributed by atoms with van der Waals surface area (Å²) in [6.45, 7) is 0.113. The second kappa shape index (κ2) is 9.42. The minimum atomic E-state index is -0.382. The second-order valence-electron chi connectivity index (χ2n) is 6.56. The molecule has 4 rings (SSSR count). The van der Waals surface area contributed by atoms with E-state index in [0.29, 0.717) is 26.9 Å². The minimum Gasteiger partial charge on any atom is -0.488 e. The second-order valence-corrected chi connectivity index (χ2v) is 9.16. The molecule has 1 saturated heterocycles. The molecule has 8 heteroatoms. The maximum atomic E-state index is 13.8. The highest BCUT2D eigenvalue weighted by atomic mass is 127. The van der Waals surface area contributed by atoms with Gasteiger partial charge in [-0.05, 0) is 88.5 Å². The Kier molecular flexibility index (Phi) is 6.64. The van der Waals surface area contributed by atoms with Gasteiger partial charge in [-0.3, -0.25) is 9.59 Å². The molecule has 0 atom stereocenters. The molecule has 3 aromatic rings. The molecule has 3 aromatic carbocycles. The Hall–Kier alpha value is -2.36. The highest BCUT2D eigenvalue weighted by Crippen LogP contribution is 2.36. The SMILES string of the molecule is O=C1S/C(=C/c2ccc(OCc3ccccc3F)c(I)c2)C(=O)N1c1ccc(Cl)cc1. The number of hydrogen-bond donors (Lipinski definition) is 0. The van der Waals surface area contributed by atoms with E-state index in [2.05, 4.69) is 22.6 Å². The largest absolute Gasteiger partial charge is 0.488 e. The van der Waals surface area contributed by atoms with Crippen molar-refractivity contribution in [2.24, 2.45) is 0 Å². The average Bonchev–Trinajstić information content (AvgIpc) is 3.02. The number of amides is 2. The Morgan fingerprint density at radius 3 is 2.52 bits per heavy atom. The summed E-state index contributed by atoms with van der Waals surface area (Å²) in [4.78, 5) is 26.6. The van der Waals surface area contributed by atoms with Gasteiger partial charge in [0.15, 0.2) is 0 Å². The maximum Gasteiger partial charge on any atom is 0.298 e. The van der Waals surface area contributed by atoms with Crippen LogP contribution < -0.4 is 9.64 Å². The third-order valence-electron chi connectivity index (χ3n) is 4.47. The molecule has 0 radical (unpaired) electrons. The molecule has 156 valence electrons. The third-order valence-corrected chi connectivity index (χ3v) is 6.44. The van der Waals surface area contributed by atoms with Crippen LogP contribution in [-0.2, 0) is 11.4 Å². The molecule has 0 unspecified atom stereocenters. The molecular formula is C23H14ClFINO3S. The summed E-state index contributed by atoms with van der Waals surface area (Å²) in [5.41, 5.74) is 1.70. The zero-order valence-corrected chi connectivity index (χ0v) is 19.6. The van der Waals surface area contributed by atoms with Crippen LogP contribution in [0, 0.1) is 9.39 Å². The third kappa shape index (κ3) is 4.94. The highest BCUT2D eigenvalue weighted by Gasteiger charge is 2.36. The van der Waals surface area contributed by atoms with Gasteiger partial charge in [-0.15, -0.1) is 0 Å². The molecule has 0 aromatic heterocycles. The molecular weight excluding hydrogens is 552 g/mol. The minimum absolute atomic E-state index is 0.113. The summed E-state index contributed by atoms with van der Waals surface area (Å²) in [5.74, 6) is -0.0898. The molecule has 1 fully saturated rings. The summed E-state index contributed by atoms with van der Waals surface area (Å²) >= 11 is 8.89. The van der Waals surface area contributed by atoms with E-state index in [1.54, 1.807) is 60.7 Å². The number of carbonyl (C=O) groups is 2. The fourth-order valence-electron chi connectivity index (χ4n) is 2.93. The van der Waals surface area contributed by atoms with Crippen molar-refractivity contribution in [3.63, 3.8) is 0 Å². The Balaban J connectivity index is 1.50. The summed E-state index contributed by atoms with van der Waals surface area (Å²) in [7, 11) is 0. The summed E-state index contributed by atoms with van der Waals surface area (Å²) in [6.07, 6.45) is 1.67. The van der Waals surface area contributed by atoms with Crippen LogP contribution in [0.1, 0.15) is 11.1 Å².